The summed E-state index contributed by atoms with van der Waals surface area (Å²) in [6.45, 7) is 2.04. The van der Waals surface area contributed by atoms with Gasteiger partial charge in [0.2, 0.25) is 5.91 Å². The predicted octanol–water partition coefficient (Wildman–Crippen LogP) is 2.77. The Labute approximate surface area is 106 Å². The maximum atomic E-state index is 12.9. The van der Waals surface area contributed by atoms with Crippen molar-refractivity contribution in [2.24, 2.45) is 11.7 Å². The average Bonchev–Trinajstić information content (AvgIpc) is 2.15. The van der Waals surface area contributed by atoms with Gasteiger partial charge in [-0.2, -0.15) is 0 Å². The van der Waals surface area contributed by atoms with E-state index < -0.39 is 11.7 Å². The standard InChI is InChI=1S/C10H11BrClFN2O/c1-5(10(14)16)4-15-9-7(11)2-6(13)3-8(9)12/h2-3,5,15H,4H2,1H3,(H2,14,16). The molecule has 0 aliphatic heterocycles. The van der Waals surface area contributed by atoms with Crippen LogP contribution in [0.3, 0.4) is 0 Å². The lowest BCUT2D eigenvalue weighted by Gasteiger charge is -2.13. The lowest BCUT2D eigenvalue weighted by molar-refractivity contribution is -0.120. The van der Waals surface area contributed by atoms with Gasteiger partial charge in [0.15, 0.2) is 0 Å². The minimum Gasteiger partial charge on any atom is -0.382 e. The summed E-state index contributed by atoms with van der Waals surface area (Å²) in [6.07, 6.45) is 0. The van der Waals surface area contributed by atoms with E-state index in [2.05, 4.69) is 21.2 Å². The molecule has 1 amide bonds. The molecule has 0 saturated carbocycles. The molecule has 0 radical (unpaired) electrons. The summed E-state index contributed by atoms with van der Waals surface area (Å²) in [5.41, 5.74) is 5.67. The largest absolute Gasteiger partial charge is 0.382 e. The molecule has 3 nitrogen and oxygen atoms in total. The van der Waals surface area contributed by atoms with Crippen LogP contribution in [0.25, 0.3) is 0 Å². The topological polar surface area (TPSA) is 55.1 Å². The first kappa shape index (κ1) is 13.3. The van der Waals surface area contributed by atoms with Crippen molar-refractivity contribution in [1.29, 1.82) is 0 Å². The van der Waals surface area contributed by atoms with Crippen LogP contribution < -0.4 is 11.1 Å². The number of rotatable bonds is 4. The van der Waals surface area contributed by atoms with Crippen LogP contribution in [0.5, 0.6) is 0 Å². The second-order valence-corrected chi connectivity index (χ2v) is 4.69. The fourth-order valence-electron chi connectivity index (χ4n) is 1.07. The molecule has 1 unspecified atom stereocenters. The molecular formula is C10H11BrClFN2O. The number of carbonyl (C=O) groups excluding carboxylic acids is 1. The second-order valence-electron chi connectivity index (χ2n) is 3.43. The van der Waals surface area contributed by atoms with Gasteiger partial charge in [-0.15, -0.1) is 0 Å². The highest BCUT2D eigenvalue weighted by Crippen LogP contribution is 2.31. The number of carbonyl (C=O) groups is 1. The average molecular weight is 310 g/mol. The molecule has 0 aromatic heterocycles. The lowest BCUT2D eigenvalue weighted by Crippen LogP contribution is -2.26. The van der Waals surface area contributed by atoms with E-state index >= 15 is 0 Å². The molecule has 0 fully saturated rings. The van der Waals surface area contributed by atoms with Crippen LogP contribution in [0.1, 0.15) is 6.92 Å². The van der Waals surface area contributed by atoms with E-state index in [0.717, 1.165) is 0 Å². The van der Waals surface area contributed by atoms with E-state index in [4.69, 9.17) is 17.3 Å². The van der Waals surface area contributed by atoms with Crippen LogP contribution in [-0.4, -0.2) is 12.5 Å². The highest BCUT2D eigenvalue weighted by Gasteiger charge is 2.12. The van der Waals surface area contributed by atoms with Gasteiger partial charge in [-0.25, -0.2) is 4.39 Å². The smallest absolute Gasteiger partial charge is 0.222 e. The van der Waals surface area contributed by atoms with Crippen LogP contribution in [0.2, 0.25) is 5.02 Å². The van der Waals surface area contributed by atoms with Gasteiger partial charge in [0.05, 0.1) is 16.6 Å². The molecule has 0 saturated heterocycles. The number of amides is 1. The van der Waals surface area contributed by atoms with E-state index in [1.807, 2.05) is 0 Å². The fourth-order valence-corrected chi connectivity index (χ4v) is 2.03. The predicted molar refractivity (Wildman–Crippen MR) is 66.0 cm³/mol. The Morgan fingerprint density at radius 2 is 2.31 bits per heavy atom. The van der Waals surface area contributed by atoms with Gasteiger partial charge in [-0.1, -0.05) is 18.5 Å². The SMILES string of the molecule is CC(CNc1c(Cl)cc(F)cc1Br)C(N)=O. The lowest BCUT2D eigenvalue weighted by atomic mass is 10.1. The number of nitrogens with two attached hydrogens (primary N) is 1. The zero-order chi connectivity index (χ0) is 12.3. The molecule has 6 heteroatoms. The molecule has 0 aliphatic rings. The molecule has 0 heterocycles. The van der Waals surface area contributed by atoms with Crippen molar-refractivity contribution in [3.8, 4) is 0 Å². The number of hydrogen-bond donors (Lipinski definition) is 2. The summed E-state index contributed by atoms with van der Waals surface area (Å²) in [6, 6.07) is 2.49. The molecular weight excluding hydrogens is 298 g/mol. The van der Waals surface area contributed by atoms with Crippen LogP contribution in [0, 0.1) is 11.7 Å². The number of primary amides is 1. The van der Waals surface area contributed by atoms with Gasteiger partial charge in [0.1, 0.15) is 5.82 Å². The molecule has 1 aromatic rings. The van der Waals surface area contributed by atoms with Crippen molar-refractivity contribution >= 4 is 39.1 Å². The first-order valence-corrected chi connectivity index (χ1v) is 5.76. The summed E-state index contributed by atoms with van der Waals surface area (Å²) in [5.74, 6) is -1.15. The molecule has 88 valence electrons. The van der Waals surface area contributed by atoms with Crippen LogP contribution in [0.15, 0.2) is 16.6 Å². The minimum absolute atomic E-state index is 0.253. The van der Waals surface area contributed by atoms with E-state index in [1.165, 1.54) is 12.1 Å². The highest BCUT2D eigenvalue weighted by molar-refractivity contribution is 9.10. The van der Waals surface area contributed by atoms with Crippen LogP contribution in [-0.2, 0) is 4.79 Å². The normalized spacial score (nSPS) is 12.2. The van der Waals surface area contributed by atoms with E-state index in [0.29, 0.717) is 16.7 Å². The number of halogens is 3. The maximum absolute atomic E-state index is 12.9. The Morgan fingerprint density at radius 3 is 2.81 bits per heavy atom. The molecule has 16 heavy (non-hydrogen) atoms. The third-order valence-electron chi connectivity index (χ3n) is 2.08. The molecule has 1 atom stereocenters. The first-order valence-electron chi connectivity index (χ1n) is 4.59. The van der Waals surface area contributed by atoms with Gasteiger partial charge in [-0.3, -0.25) is 4.79 Å². The number of nitrogens with one attached hydrogen (secondary N) is 1. The van der Waals surface area contributed by atoms with Gasteiger partial charge in [0.25, 0.3) is 0 Å². The van der Waals surface area contributed by atoms with Crippen molar-refractivity contribution in [3.05, 3.63) is 27.4 Å². The van der Waals surface area contributed by atoms with Crippen molar-refractivity contribution in [1.82, 2.24) is 0 Å². The van der Waals surface area contributed by atoms with Gasteiger partial charge in [0, 0.05) is 11.0 Å². The number of anilines is 1. The summed E-state index contributed by atoms with van der Waals surface area (Å²) in [4.78, 5) is 10.8. The molecule has 0 aliphatic carbocycles. The Hall–Kier alpha value is -0.810. The quantitative estimate of drug-likeness (QED) is 0.898. The van der Waals surface area contributed by atoms with Crippen molar-refractivity contribution in [2.75, 3.05) is 11.9 Å². The van der Waals surface area contributed by atoms with Gasteiger partial charge >= 0.3 is 0 Å². The van der Waals surface area contributed by atoms with E-state index in [1.54, 1.807) is 6.92 Å². The Kier molecular flexibility index (Phi) is 4.56. The number of benzene rings is 1. The summed E-state index contributed by atoms with van der Waals surface area (Å²) < 4.78 is 13.4. The third-order valence-corrected chi connectivity index (χ3v) is 3.00. The zero-order valence-corrected chi connectivity index (χ0v) is 10.9. The first-order chi connectivity index (χ1) is 7.41. The Morgan fingerprint density at radius 1 is 1.69 bits per heavy atom. The molecule has 1 rings (SSSR count). The summed E-state index contributed by atoms with van der Waals surface area (Å²) in [5, 5.41) is 3.20. The van der Waals surface area contributed by atoms with Crippen molar-refractivity contribution in [2.45, 2.75) is 6.92 Å². The fraction of sp³-hybridized carbons (Fsp3) is 0.300. The monoisotopic (exact) mass is 308 g/mol. The molecule has 0 bridgehead atoms. The van der Waals surface area contributed by atoms with Gasteiger partial charge < -0.3 is 11.1 Å². The third kappa shape index (κ3) is 3.35. The maximum Gasteiger partial charge on any atom is 0.222 e. The number of hydrogen-bond acceptors (Lipinski definition) is 2. The Balaban J connectivity index is 2.78. The zero-order valence-electron chi connectivity index (χ0n) is 8.56. The minimum atomic E-state index is -0.426. The van der Waals surface area contributed by atoms with Crippen LogP contribution >= 0.6 is 27.5 Å². The Bertz CT molecular complexity index is 391. The summed E-state index contributed by atoms with van der Waals surface area (Å²) >= 11 is 9.03. The molecule has 0 spiro atoms. The highest BCUT2D eigenvalue weighted by atomic mass is 79.9. The van der Waals surface area contributed by atoms with E-state index in [9.17, 15) is 9.18 Å². The van der Waals surface area contributed by atoms with Crippen molar-refractivity contribution in [3.63, 3.8) is 0 Å². The summed E-state index contributed by atoms with van der Waals surface area (Å²) in [7, 11) is 0. The van der Waals surface area contributed by atoms with Gasteiger partial charge in [-0.05, 0) is 28.1 Å². The van der Waals surface area contributed by atoms with Crippen LogP contribution in [0.4, 0.5) is 10.1 Å². The molecule has 1 aromatic carbocycles. The van der Waals surface area contributed by atoms with E-state index in [-0.39, 0.29) is 10.9 Å². The van der Waals surface area contributed by atoms with Crippen molar-refractivity contribution < 1.29 is 9.18 Å². The molecule has 3 N–H and O–H groups in total. The second kappa shape index (κ2) is 5.50.